The van der Waals surface area contributed by atoms with Crippen LogP contribution in [0.25, 0.3) is 10.2 Å². The van der Waals surface area contributed by atoms with Gasteiger partial charge < -0.3 is 19.7 Å². The average Bonchev–Trinajstić information content (AvgIpc) is 3.28. The molecule has 32 heavy (non-hydrogen) atoms. The molecular weight excluding hydrogens is 424 g/mol. The van der Waals surface area contributed by atoms with E-state index < -0.39 is 0 Å². The maximum Gasteiger partial charge on any atom is 0.255 e. The van der Waals surface area contributed by atoms with Gasteiger partial charge in [0.15, 0.2) is 5.13 Å². The Labute approximate surface area is 192 Å². The predicted octanol–water partition coefficient (Wildman–Crippen LogP) is 3.48. The van der Waals surface area contributed by atoms with Gasteiger partial charge in [0, 0.05) is 45.3 Å². The number of anilines is 1. The highest BCUT2D eigenvalue weighted by Gasteiger charge is 2.21. The van der Waals surface area contributed by atoms with E-state index in [1.807, 2.05) is 0 Å². The second-order valence-corrected chi connectivity index (χ2v) is 9.00. The Hall–Kier alpha value is -2.84. The Morgan fingerprint density at radius 2 is 1.81 bits per heavy atom. The van der Waals surface area contributed by atoms with Gasteiger partial charge in [-0.15, -0.1) is 0 Å². The molecule has 7 nitrogen and oxygen atoms in total. The Morgan fingerprint density at radius 1 is 1.06 bits per heavy atom. The van der Waals surface area contributed by atoms with Crippen LogP contribution in [0.15, 0.2) is 30.3 Å². The van der Waals surface area contributed by atoms with E-state index in [0.29, 0.717) is 23.6 Å². The number of piperazine rings is 1. The molecule has 8 heteroatoms. The molecule has 1 aliphatic heterocycles. The molecule has 0 bridgehead atoms. The van der Waals surface area contributed by atoms with E-state index in [-0.39, 0.29) is 5.91 Å². The summed E-state index contributed by atoms with van der Waals surface area (Å²) in [6.45, 7) is 9.47. The zero-order chi connectivity index (χ0) is 22.7. The summed E-state index contributed by atoms with van der Waals surface area (Å²) in [6.07, 6.45) is 0. The maximum absolute atomic E-state index is 12.6. The van der Waals surface area contributed by atoms with Crippen molar-refractivity contribution < 1.29 is 14.3 Å². The van der Waals surface area contributed by atoms with Crippen molar-refractivity contribution in [3.05, 3.63) is 47.0 Å². The van der Waals surface area contributed by atoms with E-state index in [9.17, 15) is 4.79 Å². The first-order valence-electron chi connectivity index (χ1n) is 10.8. The summed E-state index contributed by atoms with van der Waals surface area (Å²) >= 11 is 1.79. The zero-order valence-electron chi connectivity index (χ0n) is 19.1. The van der Waals surface area contributed by atoms with Crippen LogP contribution in [-0.4, -0.2) is 69.3 Å². The first kappa shape index (κ1) is 22.4. The fourth-order valence-electron chi connectivity index (χ4n) is 3.95. The maximum atomic E-state index is 12.6. The van der Waals surface area contributed by atoms with Gasteiger partial charge >= 0.3 is 0 Å². The molecule has 1 aromatic heterocycles. The number of carbonyl (C=O) groups excluding carboxylic acids is 1. The summed E-state index contributed by atoms with van der Waals surface area (Å²) in [4.78, 5) is 22.3. The summed E-state index contributed by atoms with van der Waals surface area (Å²) in [5.74, 6) is 1.04. The molecular formula is C24H30N4O3S. The molecule has 0 spiro atoms. The van der Waals surface area contributed by atoms with Crippen LogP contribution in [0.3, 0.4) is 0 Å². The number of hydrogen-bond acceptors (Lipinski definition) is 7. The van der Waals surface area contributed by atoms with Crippen molar-refractivity contribution in [3.63, 3.8) is 0 Å². The van der Waals surface area contributed by atoms with Crippen LogP contribution in [0.1, 0.15) is 21.5 Å². The summed E-state index contributed by atoms with van der Waals surface area (Å²) < 4.78 is 11.8. The molecule has 3 aromatic rings. The molecule has 2 heterocycles. The number of benzene rings is 2. The molecule has 170 valence electrons. The number of amides is 1. The number of rotatable bonds is 7. The van der Waals surface area contributed by atoms with E-state index >= 15 is 0 Å². The first-order valence-corrected chi connectivity index (χ1v) is 11.7. The van der Waals surface area contributed by atoms with Crippen molar-refractivity contribution in [2.24, 2.45) is 0 Å². The highest BCUT2D eigenvalue weighted by molar-refractivity contribution is 7.22. The van der Waals surface area contributed by atoms with Gasteiger partial charge in [-0.05, 0) is 37.1 Å². The molecule has 0 atom stereocenters. The van der Waals surface area contributed by atoms with E-state index in [4.69, 9.17) is 14.5 Å². The van der Waals surface area contributed by atoms with Gasteiger partial charge in [0.1, 0.15) is 11.5 Å². The fourth-order valence-corrected chi connectivity index (χ4v) is 5.12. The molecule has 0 aliphatic carbocycles. The van der Waals surface area contributed by atoms with Gasteiger partial charge in [0.25, 0.3) is 5.91 Å². The van der Waals surface area contributed by atoms with E-state index in [1.165, 1.54) is 15.8 Å². The van der Waals surface area contributed by atoms with Gasteiger partial charge in [-0.25, -0.2) is 4.98 Å². The zero-order valence-corrected chi connectivity index (χ0v) is 19.9. The SMILES string of the molecule is COc1ccc(C(=O)NCCN2CCN(c3nc4c(C)ccc(C)c4s3)CC2)c(OC)c1. The van der Waals surface area contributed by atoms with Crippen LogP contribution in [0.4, 0.5) is 5.13 Å². The van der Waals surface area contributed by atoms with Crippen molar-refractivity contribution in [1.29, 1.82) is 0 Å². The minimum absolute atomic E-state index is 0.136. The van der Waals surface area contributed by atoms with Crippen molar-refractivity contribution in [2.75, 3.05) is 58.4 Å². The number of aromatic nitrogens is 1. The Balaban J connectivity index is 1.28. The third-order valence-electron chi connectivity index (χ3n) is 5.94. The predicted molar refractivity (Wildman–Crippen MR) is 130 cm³/mol. The third-order valence-corrected chi connectivity index (χ3v) is 7.19. The molecule has 1 aliphatic rings. The lowest BCUT2D eigenvalue weighted by Crippen LogP contribution is -2.48. The van der Waals surface area contributed by atoms with Crippen LogP contribution in [0.5, 0.6) is 11.5 Å². The van der Waals surface area contributed by atoms with E-state index in [2.05, 4.69) is 41.1 Å². The molecule has 1 N–H and O–H groups in total. The molecule has 1 saturated heterocycles. The normalized spacial score (nSPS) is 14.6. The number of aryl methyl sites for hydroxylation is 2. The second kappa shape index (κ2) is 9.75. The highest BCUT2D eigenvalue weighted by atomic mass is 32.1. The number of methoxy groups -OCH3 is 2. The summed E-state index contributed by atoms with van der Waals surface area (Å²) in [5.41, 5.74) is 4.16. The minimum Gasteiger partial charge on any atom is -0.497 e. The lowest BCUT2D eigenvalue weighted by molar-refractivity contribution is 0.0944. The molecule has 0 saturated carbocycles. The van der Waals surface area contributed by atoms with Crippen LogP contribution in [0.2, 0.25) is 0 Å². The quantitative estimate of drug-likeness (QED) is 0.590. The van der Waals surface area contributed by atoms with Crippen molar-refractivity contribution >= 4 is 32.6 Å². The summed E-state index contributed by atoms with van der Waals surface area (Å²) in [7, 11) is 3.15. The average molecular weight is 455 g/mol. The van der Waals surface area contributed by atoms with Crippen LogP contribution >= 0.6 is 11.3 Å². The second-order valence-electron chi connectivity index (χ2n) is 8.02. The number of ether oxygens (including phenoxy) is 2. The van der Waals surface area contributed by atoms with Crippen molar-refractivity contribution in [1.82, 2.24) is 15.2 Å². The highest BCUT2D eigenvalue weighted by Crippen LogP contribution is 2.33. The standard InChI is InChI=1S/C24H30N4O3S/c1-16-5-6-17(2)22-21(16)26-24(32-22)28-13-11-27(12-14-28)10-9-25-23(29)19-8-7-18(30-3)15-20(19)31-4/h5-8,15H,9-14H2,1-4H3,(H,25,29). The number of nitrogens with one attached hydrogen (secondary N) is 1. The minimum atomic E-state index is -0.136. The van der Waals surface area contributed by atoms with Crippen LogP contribution in [-0.2, 0) is 0 Å². The first-order chi connectivity index (χ1) is 15.5. The molecule has 2 aromatic carbocycles. The monoisotopic (exact) mass is 454 g/mol. The molecule has 0 radical (unpaired) electrons. The van der Waals surface area contributed by atoms with Crippen LogP contribution in [0, 0.1) is 13.8 Å². The number of thiazole rings is 1. The van der Waals surface area contributed by atoms with Crippen molar-refractivity contribution in [2.45, 2.75) is 13.8 Å². The number of nitrogens with zero attached hydrogens (tertiary/aromatic N) is 3. The Kier molecular flexibility index (Phi) is 6.81. The lowest BCUT2D eigenvalue weighted by atomic mass is 10.1. The van der Waals surface area contributed by atoms with Gasteiger partial charge in [-0.2, -0.15) is 0 Å². The largest absolute Gasteiger partial charge is 0.497 e. The molecule has 0 unspecified atom stereocenters. The van der Waals surface area contributed by atoms with Gasteiger partial charge in [0.2, 0.25) is 0 Å². The van der Waals surface area contributed by atoms with E-state index in [0.717, 1.165) is 43.4 Å². The topological polar surface area (TPSA) is 66.9 Å². The van der Waals surface area contributed by atoms with Crippen LogP contribution < -0.4 is 19.7 Å². The number of hydrogen-bond donors (Lipinski definition) is 1. The summed E-state index contributed by atoms with van der Waals surface area (Å²) in [6, 6.07) is 9.54. The molecule has 4 rings (SSSR count). The fraction of sp³-hybridized carbons (Fsp3) is 0.417. The number of carbonyl (C=O) groups is 1. The Bertz CT molecular complexity index is 1070. The van der Waals surface area contributed by atoms with Gasteiger partial charge in [-0.3, -0.25) is 9.69 Å². The van der Waals surface area contributed by atoms with Gasteiger partial charge in [-0.1, -0.05) is 23.5 Å². The van der Waals surface area contributed by atoms with Crippen molar-refractivity contribution in [3.8, 4) is 11.5 Å². The molecule has 1 fully saturated rings. The Morgan fingerprint density at radius 3 is 2.50 bits per heavy atom. The summed E-state index contributed by atoms with van der Waals surface area (Å²) in [5, 5.41) is 4.11. The smallest absolute Gasteiger partial charge is 0.255 e. The number of fused-ring (bicyclic) bond motifs is 1. The molecule has 1 amide bonds. The van der Waals surface area contributed by atoms with E-state index in [1.54, 1.807) is 43.8 Å². The van der Waals surface area contributed by atoms with Gasteiger partial charge in [0.05, 0.1) is 30.0 Å². The third kappa shape index (κ3) is 4.66. The lowest BCUT2D eigenvalue weighted by Gasteiger charge is -2.34.